The maximum atomic E-state index is 13.3. The van der Waals surface area contributed by atoms with Crippen LogP contribution in [-0.4, -0.2) is 16.7 Å². The Morgan fingerprint density at radius 1 is 1.24 bits per heavy atom. The van der Waals surface area contributed by atoms with E-state index in [4.69, 9.17) is 9.26 Å². The molecule has 1 N–H and O–H groups in total. The Balaban J connectivity index is 1.42. The van der Waals surface area contributed by atoms with E-state index in [1.807, 2.05) is 13.0 Å². The average Bonchev–Trinajstić information content (AvgIpc) is 3.28. The molecule has 0 aliphatic carbocycles. The first-order valence-corrected chi connectivity index (χ1v) is 8.26. The van der Waals surface area contributed by atoms with E-state index in [2.05, 4.69) is 27.6 Å². The average molecular weight is 339 g/mol. The van der Waals surface area contributed by atoms with Crippen LogP contribution in [0.4, 0.5) is 4.39 Å². The molecule has 4 rings (SSSR count). The first kappa shape index (κ1) is 15.8. The van der Waals surface area contributed by atoms with Crippen molar-refractivity contribution < 1.29 is 13.7 Å². The van der Waals surface area contributed by atoms with Gasteiger partial charge < -0.3 is 14.6 Å². The lowest BCUT2D eigenvalue weighted by atomic mass is 10.1. The molecule has 0 fully saturated rings. The number of aromatic nitrogens is 2. The van der Waals surface area contributed by atoms with Crippen LogP contribution in [0.15, 0.2) is 47.0 Å². The van der Waals surface area contributed by atoms with Gasteiger partial charge in [-0.1, -0.05) is 29.4 Å². The number of hydrogen-bond donors (Lipinski definition) is 1. The Bertz CT molecular complexity index is 894. The largest absolute Gasteiger partial charge is 0.493 e. The Kier molecular flexibility index (Phi) is 4.19. The molecule has 0 bridgehead atoms. The van der Waals surface area contributed by atoms with Gasteiger partial charge in [-0.05, 0) is 36.2 Å². The molecule has 2 aromatic carbocycles. The summed E-state index contributed by atoms with van der Waals surface area (Å²) in [6.07, 6.45) is 0.958. The van der Waals surface area contributed by atoms with Crippen molar-refractivity contribution in [1.82, 2.24) is 15.5 Å². The fraction of sp³-hybridized carbons (Fsp3) is 0.263. The van der Waals surface area contributed by atoms with Gasteiger partial charge in [0.05, 0.1) is 12.6 Å². The zero-order valence-corrected chi connectivity index (χ0v) is 13.8. The minimum absolute atomic E-state index is 0.112. The van der Waals surface area contributed by atoms with Gasteiger partial charge in [0.1, 0.15) is 11.6 Å². The normalized spacial score (nSPS) is 14.2. The number of fused-ring (bicyclic) bond motifs is 1. The molecule has 25 heavy (non-hydrogen) atoms. The third kappa shape index (κ3) is 3.39. The summed E-state index contributed by atoms with van der Waals surface area (Å²) < 4.78 is 24.2. The van der Waals surface area contributed by atoms with Crippen molar-refractivity contribution >= 4 is 0 Å². The number of nitrogens with zero attached hydrogens (tertiary/aromatic N) is 2. The zero-order valence-electron chi connectivity index (χ0n) is 13.8. The Labute approximate surface area is 144 Å². The smallest absolute Gasteiger partial charge is 0.243 e. The lowest BCUT2D eigenvalue weighted by Crippen LogP contribution is -2.18. The molecule has 1 aliphatic heterocycles. The van der Waals surface area contributed by atoms with Gasteiger partial charge in [-0.3, -0.25) is 0 Å². The van der Waals surface area contributed by atoms with Gasteiger partial charge in [0.25, 0.3) is 0 Å². The van der Waals surface area contributed by atoms with Gasteiger partial charge in [0.2, 0.25) is 11.7 Å². The van der Waals surface area contributed by atoms with Crippen molar-refractivity contribution in [3.05, 3.63) is 65.3 Å². The predicted molar refractivity (Wildman–Crippen MR) is 90.6 cm³/mol. The van der Waals surface area contributed by atoms with E-state index in [1.165, 1.54) is 23.3 Å². The third-order valence-corrected chi connectivity index (χ3v) is 4.26. The molecule has 0 spiro atoms. The summed E-state index contributed by atoms with van der Waals surface area (Å²) >= 11 is 0. The molecule has 0 amide bonds. The van der Waals surface area contributed by atoms with Gasteiger partial charge in [0.15, 0.2) is 0 Å². The molecule has 128 valence electrons. The highest BCUT2D eigenvalue weighted by molar-refractivity contribution is 5.53. The van der Waals surface area contributed by atoms with Crippen molar-refractivity contribution in [1.29, 1.82) is 0 Å². The van der Waals surface area contributed by atoms with E-state index in [0.29, 0.717) is 23.8 Å². The minimum atomic E-state index is -0.324. The third-order valence-electron chi connectivity index (χ3n) is 4.26. The van der Waals surface area contributed by atoms with E-state index in [9.17, 15) is 4.39 Å². The van der Waals surface area contributed by atoms with Crippen LogP contribution in [0.2, 0.25) is 0 Å². The maximum Gasteiger partial charge on any atom is 0.243 e. The summed E-state index contributed by atoms with van der Waals surface area (Å²) in [5.41, 5.74) is 3.03. The second-order valence-corrected chi connectivity index (χ2v) is 6.11. The molecule has 2 heterocycles. The number of nitrogens with one attached hydrogen (secondary N) is 1. The van der Waals surface area contributed by atoms with E-state index < -0.39 is 0 Å². The summed E-state index contributed by atoms with van der Waals surface area (Å²) in [4.78, 5) is 4.36. The quantitative estimate of drug-likeness (QED) is 0.769. The molecule has 6 heteroatoms. The summed E-state index contributed by atoms with van der Waals surface area (Å²) in [6.45, 7) is 3.40. The van der Waals surface area contributed by atoms with Crippen molar-refractivity contribution in [3.8, 4) is 17.1 Å². The molecule has 1 unspecified atom stereocenters. The number of rotatable bonds is 5. The number of hydrogen-bond acceptors (Lipinski definition) is 5. The Morgan fingerprint density at radius 3 is 3.04 bits per heavy atom. The van der Waals surface area contributed by atoms with Gasteiger partial charge in [-0.25, -0.2) is 4.39 Å². The van der Waals surface area contributed by atoms with Crippen LogP contribution in [0.1, 0.15) is 30.0 Å². The van der Waals surface area contributed by atoms with Crippen LogP contribution in [-0.2, 0) is 13.0 Å². The molecular weight excluding hydrogens is 321 g/mol. The second kappa shape index (κ2) is 6.64. The van der Waals surface area contributed by atoms with Crippen LogP contribution < -0.4 is 10.1 Å². The molecule has 5 nitrogen and oxygen atoms in total. The van der Waals surface area contributed by atoms with E-state index in [0.717, 1.165) is 18.8 Å². The molecule has 0 saturated heterocycles. The van der Waals surface area contributed by atoms with Crippen LogP contribution >= 0.6 is 0 Å². The molecule has 1 aromatic heterocycles. The monoisotopic (exact) mass is 339 g/mol. The Morgan fingerprint density at radius 2 is 2.16 bits per heavy atom. The van der Waals surface area contributed by atoms with Crippen LogP contribution in [0.3, 0.4) is 0 Å². The topological polar surface area (TPSA) is 60.2 Å². The maximum absolute atomic E-state index is 13.3. The van der Waals surface area contributed by atoms with Crippen molar-refractivity contribution in [2.75, 3.05) is 6.61 Å². The summed E-state index contributed by atoms with van der Waals surface area (Å²) in [5, 5.41) is 7.31. The number of benzene rings is 2. The van der Waals surface area contributed by atoms with Crippen molar-refractivity contribution in [2.24, 2.45) is 0 Å². The van der Waals surface area contributed by atoms with Crippen LogP contribution in [0, 0.1) is 5.82 Å². The predicted octanol–water partition coefficient (Wildman–Crippen LogP) is 3.66. The molecule has 1 atom stereocenters. The van der Waals surface area contributed by atoms with E-state index in [1.54, 1.807) is 12.1 Å². The molecule has 0 saturated carbocycles. The lowest BCUT2D eigenvalue weighted by Gasteiger charge is -2.10. The van der Waals surface area contributed by atoms with Gasteiger partial charge in [-0.2, -0.15) is 4.98 Å². The first-order chi connectivity index (χ1) is 12.2. The van der Waals surface area contributed by atoms with E-state index in [-0.39, 0.29) is 11.9 Å². The van der Waals surface area contributed by atoms with Crippen LogP contribution in [0.5, 0.6) is 5.75 Å². The molecule has 3 aromatic rings. The van der Waals surface area contributed by atoms with Crippen molar-refractivity contribution in [3.63, 3.8) is 0 Å². The fourth-order valence-corrected chi connectivity index (χ4v) is 2.86. The number of halogens is 1. The highest BCUT2D eigenvalue weighted by atomic mass is 19.1. The first-order valence-electron chi connectivity index (χ1n) is 8.26. The standard InChI is InChI=1S/C19H18FN3O2/c1-12(21-11-13-5-6-17-14(9-13)7-8-24-17)19-22-18(23-25-19)15-3-2-4-16(20)10-15/h2-6,9-10,12,21H,7-8,11H2,1H3. The van der Waals surface area contributed by atoms with Gasteiger partial charge in [0, 0.05) is 18.5 Å². The lowest BCUT2D eigenvalue weighted by molar-refractivity contribution is 0.339. The minimum Gasteiger partial charge on any atom is -0.493 e. The van der Waals surface area contributed by atoms with Crippen molar-refractivity contribution in [2.45, 2.75) is 25.9 Å². The highest BCUT2D eigenvalue weighted by Gasteiger charge is 2.16. The zero-order chi connectivity index (χ0) is 17.2. The fourth-order valence-electron chi connectivity index (χ4n) is 2.86. The number of ether oxygens (including phenoxy) is 1. The van der Waals surface area contributed by atoms with Gasteiger partial charge in [-0.15, -0.1) is 0 Å². The van der Waals surface area contributed by atoms with Gasteiger partial charge >= 0.3 is 0 Å². The summed E-state index contributed by atoms with van der Waals surface area (Å²) in [7, 11) is 0. The molecular formula is C19H18FN3O2. The van der Waals surface area contributed by atoms with E-state index >= 15 is 0 Å². The summed E-state index contributed by atoms with van der Waals surface area (Å²) in [6, 6.07) is 12.3. The van der Waals surface area contributed by atoms with Crippen LogP contribution in [0.25, 0.3) is 11.4 Å². The molecule has 1 aliphatic rings. The highest BCUT2D eigenvalue weighted by Crippen LogP contribution is 2.26. The molecule has 0 radical (unpaired) electrons. The Hall–Kier alpha value is -2.73. The SMILES string of the molecule is CC(NCc1ccc2c(c1)CCO2)c1nc(-c2cccc(F)c2)no1. The second-order valence-electron chi connectivity index (χ2n) is 6.11. The summed E-state index contributed by atoms with van der Waals surface area (Å²) in [5.74, 6) is 1.52.